The van der Waals surface area contributed by atoms with E-state index in [1.807, 2.05) is 19.2 Å². The highest BCUT2D eigenvalue weighted by Crippen LogP contribution is 2.38. The van der Waals surface area contributed by atoms with Gasteiger partial charge < -0.3 is 29.2 Å². The normalized spacial score (nSPS) is 12.2. The number of hydrogen-bond acceptors (Lipinski definition) is 8. The smallest absolute Gasteiger partial charge is 0.329 e. The Morgan fingerprint density at radius 2 is 1.54 bits per heavy atom. The van der Waals surface area contributed by atoms with Gasteiger partial charge in [-0.3, -0.25) is 14.3 Å². The molecular formula is C28H43N5O6. The fourth-order valence-corrected chi connectivity index (χ4v) is 4.85. The third-order valence-corrected chi connectivity index (χ3v) is 7.10. The standard InChI is InChI=1S/C28H43N5O6/c1-32-23(30-26-24(32)27(35)31-28(36)33(26)2)14-12-10-8-6-7-9-11-13-20(34)18-29-17-19-15-21(37-3)25(39-5)22(16-19)38-4/h15-16,20,29,34H,6-14,17-18H2,1-5H3,(H,31,35,36). The number of methoxy groups -OCH3 is 3. The largest absolute Gasteiger partial charge is 0.493 e. The van der Waals surface area contributed by atoms with E-state index < -0.39 is 11.2 Å². The molecule has 0 aliphatic rings. The minimum absolute atomic E-state index is 0.382. The fourth-order valence-electron chi connectivity index (χ4n) is 4.85. The fraction of sp³-hybridized carbons (Fsp3) is 0.607. The number of aliphatic hydroxyl groups excluding tert-OH is 1. The molecule has 39 heavy (non-hydrogen) atoms. The van der Waals surface area contributed by atoms with Gasteiger partial charge in [-0.1, -0.05) is 38.5 Å². The topological polar surface area (TPSA) is 133 Å². The van der Waals surface area contributed by atoms with Gasteiger partial charge in [0, 0.05) is 33.6 Å². The van der Waals surface area contributed by atoms with E-state index >= 15 is 0 Å². The summed E-state index contributed by atoms with van der Waals surface area (Å²) in [5, 5.41) is 13.6. The van der Waals surface area contributed by atoms with Gasteiger partial charge in [-0.15, -0.1) is 0 Å². The van der Waals surface area contributed by atoms with E-state index in [4.69, 9.17) is 14.2 Å². The first-order valence-electron chi connectivity index (χ1n) is 13.6. The molecule has 0 amide bonds. The molecular weight excluding hydrogens is 502 g/mol. The molecule has 11 nitrogen and oxygen atoms in total. The molecule has 1 atom stereocenters. The van der Waals surface area contributed by atoms with Crippen molar-refractivity contribution in [2.45, 2.75) is 70.4 Å². The number of aromatic nitrogens is 4. The lowest BCUT2D eigenvalue weighted by Gasteiger charge is -2.15. The highest BCUT2D eigenvalue weighted by atomic mass is 16.5. The number of hydrogen-bond donors (Lipinski definition) is 3. The van der Waals surface area contributed by atoms with Crippen molar-refractivity contribution in [3.63, 3.8) is 0 Å². The van der Waals surface area contributed by atoms with Gasteiger partial charge in [-0.25, -0.2) is 9.78 Å². The van der Waals surface area contributed by atoms with Crippen molar-refractivity contribution in [1.29, 1.82) is 0 Å². The number of fused-ring (bicyclic) bond motifs is 1. The van der Waals surface area contributed by atoms with Crippen LogP contribution in [0.15, 0.2) is 21.7 Å². The molecule has 0 aliphatic carbocycles. The lowest BCUT2D eigenvalue weighted by atomic mass is 10.1. The lowest BCUT2D eigenvalue weighted by Crippen LogP contribution is -2.29. The van der Waals surface area contributed by atoms with Gasteiger partial charge in [-0.2, -0.15) is 0 Å². The molecule has 3 rings (SSSR count). The number of nitrogens with one attached hydrogen (secondary N) is 2. The Hall–Kier alpha value is -3.31. The molecule has 0 aliphatic heterocycles. The molecule has 1 aromatic carbocycles. The number of H-pyrrole nitrogens is 1. The summed E-state index contributed by atoms with van der Waals surface area (Å²) in [6, 6.07) is 3.81. The molecule has 3 N–H and O–H groups in total. The van der Waals surface area contributed by atoms with Crippen molar-refractivity contribution in [2.24, 2.45) is 14.1 Å². The first-order valence-corrected chi connectivity index (χ1v) is 13.6. The lowest BCUT2D eigenvalue weighted by molar-refractivity contribution is 0.157. The number of rotatable bonds is 17. The van der Waals surface area contributed by atoms with Crippen LogP contribution < -0.4 is 30.8 Å². The molecule has 0 saturated heterocycles. The number of nitrogens with zero attached hydrogens (tertiary/aromatic N) is 3. The second kappa shape index (κ2) is 14.7. The van der Waals surface area contributed by atoms with E-state index in [1.54, 1.807) is 32.9 Å². The Labute approximate surface area is 229 Å². The van der Waals surface area contributed by atoms with Crippen molar-refractivity contribution in [2.75, 3.05) is 27.9 Å². The highest BCUT2D eigenvalue weighted by Gasteiger charge is 2.15. The maximum absolute atomic E-state index is 12.1. The second-order valence-electron chi connectivity index (χ2n) is 9.91. The van der Waals surface area contributed by atoms with Gasteiger partial charge in [-0.05, 0) is 30.5 Å². The van der Waals surface area contributed by atoms with E-state index in [1.165, 1.54) is 4.57 Å². The van der Waals surface area contributed by atoms with E-state index in [0.29, 0.717) is 41.5 Å². The zero-order valence-corrected chi connectivity index (χ0v) is 23.8. The predicted octanol–water partition coefficient (Wildman–Crippen LogP) is 2.80. The summed E-state index contributed by atoms with van der Waals surface area (Å²) in [6.45, 7) is 1.12. The van der Waals surface area contributed by atoms with Crippen LogP contribution in [0.4, 0.5) is 0 Å². The molecule has 0 spiro atoms. The van der Waals surface area contributed by atoms with Crippen molar-refractivity contribution in [3.05, 3.63) is 44.4 Å². The Morgan fingerprint density at radius 1 is 0.923 bits per heavy atom. The summed E-state index contributed by atoms with van der Waals surface area (Å²) in [5.74, 6) is 2.62. The van der Waals surface area contributed by atoms with Crippen LogP contribution in [0.2, 0.25) is 0 Å². The van der Waals surface area contributed by atoms with Crippen LogP contribution in [-0.2, 0) is 27.1 Å². The summed E-state index contributed by atoms with van der Waals surface area (Å²) in [5.41, 5.74) is 1.02. The Kier molecular flexibility index (Phi) is 11.4. The zero-order chi connectivity index (χ0) is 28.4. The Balaban J connectivity index is 1.27. The van der Waals surface area contributed by atoms with Gasteiger partial charge in [0.1, 0.15) is 5.82 Å². The van der Waals surface area contributed by atoms with Gasteiger partial charge in [0.2, 0.25) is 5.75 Å². The van der Waals surface area contributed by atoms with Crippen molar-refractivity contribution < 1.29 is 19.3 Å². The van der Waals surface area contributed by atoms with Crippen LogP contribution in [-0.4, -0.2) is 58.2 Å². The number of aryl methyl sites for hydroxylation is 3. The van der Waals surface area contributed by atoms with Gasteiger partial charge in [0.15, 0.2) is 22.7 Å². The second-order valence-corrected chi connectivity index (χ2v) is 9.91. The predicted molar refractivity (Wildman–Crippen MR) is 151 cm³/mol. The van der Waals surface area contributed by atoms with E-state index in [9.17, 15) is 14.7 Å². The number of unbranched alkanes of at least 4 members (excludes halogenated alkanes) is 6. The average molecular weight is 546 g/mol. The summed E-state index contributed by atoms with van der Waals surface area (Å²) in [6.07, 6.45) is 8.79. The van der Waals surface area contributed by atoms with Crippen molar-refractivity contribution in [1.82, 2.24) is 24.4 Å². The van der Waals surface area contributed by atoms with Crippen LogP contribution in [0.1, 0.15) is 62.8 Å². The van der Waals surface area contributed by atoms with Gasteiger partial charge >= 0.3 is 5.69 Å². The number of aliphatic hydroxyl groups is 1. The molecule has 0 saturated carbocycles. The summed E-state index contributed by atoms with van der Waals surface area (Å²) < 4.78 is 19.3. The minimum atomic E-state index is -0.448. The third-order valence-electron chi connectivity index (χ3n) is 7.10. The van der Waals surface area contributed by atoms with Crippen LogP contribution in [0.5, 0.6) is 17.2 Å². The molecule has 0 fully saturated rings. The van der Waals surface area contributed by atoms with Gasteiger partial charge in [0.05, 0.1) is 27.4 Å². The molecule has 3 aromatic rings. The van der Waals surface area contributed by atoms with Gasteiger partial charge in [0.25, 0.3) is 5.56 Å². The molecule has 1 unspecified atom stereocenters. The zero-order valence-electron chi connectivity index (χ0n) is 23.8. The Morgan fingerprint density at radius 3 is 2.15 bits per heavy atom. The SMILES string of the molecule is COc1cc(CNCC(O)CCCCCCCCCc2nc3c(c(=O)[nH]c(=O)n3C)n2C)cc(OC)c1OC. The maximum Gasteiger partial charge on any atom is 0.329 e. The summed E-state index contributed by atoms with van der Waals surface area (Å²) >= 11 is 0. The first-order chi connectivity index (χ1) is 18.8. The first kappa shape index (κ1) is 30.2. The van der Waals surface area contributed by atoms with E-state index in [2.05, 4.69) is 15.3 Å². The Bertz CT molecular complexity index is 1300. The molecule has 216 valence electrons. The number of imidazole rings is 1. The monoisotopic (exact) mass is 545 g/mol. The van der Waals surface area contributed by atoms with Crippen LogP contribution >= 0.6 is 0 Å². The molecule has 0 radical (unpaired) electrons. The summed E-state index contributed by atoms with van der Waals surface area (Å²) in [7, 11) is 8.21. The highest BCUT2D eigenvalue weighted by molar-refractivity contribution is 5.70. The summed E-state index contributed by atoms with van der Waals surface area (Å²) in [4.78, 5) is 30.8. The van der Waals surface area contributed by atoms with Crippen LogP contribution in [0, 0.1) is 0 Å². The van der Waals surface area contributed by atoms with Crippen molar-refractivity contribution in [3.8, 4) is 17.2 Å². The minimum Gasteiger partial charge on any atom is -0.493 e. The molecule has 2 heterocycles. The number of aromatic amines is 1. The van der Waals surface area contributed by atoms with Crippen LogP contribution in [0.25, 0.3) is 11.2 Å². The van der Waals surface area contributed by atoms with Crippen molar-refractivity contribution >= 4 is 11.2 Å². The number of benzene rings is 1. The average Bonchev–Trinajstić information content (AvgIpc) is 3.26. The molecule has 0 bridgehead atoms. The van der Waals surface area contributed by atoms with E-state index in [-0.39, 0.29) is 6.10 Å². The van der Waals surface area contributed by atoms with Crippen LogP contribution in [0.3, 0.4) is 0 Å². The third kappa shape index (κ3) is 7.86. The van der Waals surface area contributed by atoms with E-state index in [0.717, 1.165) is 69.2 Å². The molecule has 11 heteroatoms. The quantitative estimate of drug-likeness (QED) is 0.221. The molecule has 2 aromatic heterocycles. The number of ether oxygens (including phenoxy) is 3. The maximum atomic E-state index is 12.1.